The molecule has 6 nitrogen and oxygen atoms in total. The molecule has 1 aromatic heterocycles. The average molecular weight is 291 g/mol. The molecule has 21 heavy (non-hydrogen) atoms. The molecule has 0 radical (unpaired) electrons. The Kier molecular flexibility index (Phi) is 4.77. The summed E-state index contributed by atoms with van der Waals surface area (Å²) in [5, 5.41) is 12.0. The molecule has 0 aromatic carbocycles. The second-order valence-electron chi connectivity index (χ2n) is 5.55. The number of urea groups is 1. The Bertz CT molecular complexity index is 506. The zero-order valence-corrected chi connectivity index (χ0v) is 12.3. The molecular formula is C15H21N3O3. The van der Waals surface area contributed by atoms with Crippen LogP contribution in [0.3, 0.4) is 0 Å². The number of hydrogen-bond donors (Lipinski definition) is 2. The quantitative estimate of drug-likeness (QED) is 0.892. The number of nitrogens with one attached hydrogen (secondary N) is 1. The van der Waals surface area contributed by atoms with Crippen LogP contribution in [0.4, 0.5) is 4.79 Å². The van der Waals surface area contributed by atoms with Crippen LogP contribution in [0.2, 0.25) is 0 Å². The zero-order valence-electron chi connectivity index (χ0n) is 12.3. The van der Waals surface area contributed by atoms with Gasteiger partial charge in [-0.15, -0.1) is 0 Å². The Morgan fingerprint density at radius 1 is 1.43 bits per heavy atom. The molecule has 1 fully saturated rings. The zero-order chi connectivity index (χ0) is 15.4. The lowest BCUT2D eigenvalue weighted by atomic mass is 9.92. The van der Waals surface area contributed by atoms with Gasteiger partial charge in [-0.25, -0.2) is 4.79 Å². The van der Waals surface area contributed by atoms with E-state index in [1.165, 1.54) is 0 Å². The molecule has 6 heteroatoms. The number of carboxylic acids is 1. The first-order chi connectivity index (χ1) is 9.99. The minimum atomic E-state index is -0.771. The lowest BCUT2D eigenvalue weighted by Crippen LogP contribution is -2.50. The second-order valence-corrected chi connectivity index (χ2v) is 5.55. The van der Waals surface area contributed by atoms with Gasteiger partial charge in [0.25, 0.3) is 0 Å². The normalized spacial score (nSPS) is 23.4. The number of amides is 2. The Balaban J connectivity index is 1.93. The summed E-state index contributed by atoms with van der Waals surface area (Å²) in [6.45, 7) is 4.29. The van der Waals surface area contributed by atoms with Gasteiger partial charge >= 0.3 is 12.0 Å². The van der Waals surface area contributed by atoms with Crippen molar-refractivity contribution in [2.45, 2.75) is 38.8 Å². The Morgan fingerprint density at radius 3 is 2.67 bits per heavy atom. The number of carbonyl (C=O) groups excluding carboxylic acids is 1. The summed E-state index contributed by atoms with van der Waals surface area (Å²) < 4.78 is 0. The smallest absolute Gasteiger partial charge is 0.318 e. The van der Waals surface area contributed by atoms with Crippen molar-refractivity contribution in [2.75, 3.05) is 6.54 Å². The molecule has 114 valence electrons. The lowest BCUT2D eigenvalue weighted by Gasteiger charge is -2.36. The van der Waals surface area contributed by atoms with E-state index in [1.807, 2.05) is 26.0 Å². The van der Waals surface area contributed by atoms with Gasteiger partial charge in [0, 0.05) is 25.0 Å². The van der Waals surface area contributed by atoms with Crippen molar-refractivity contribution in [3.05, 3.63) is 30.1 Å². The molecule has 0 spiro atoms. The van der Waals surface area contributed by atoms with E-state index in [2.05, 4.69) is 10.3 Å². The number of nitrogens with zero attached hydrogens (tertiary/aromatic N) is 2. The molecule has 3 unspecified atom stereocenters. The number of likely N-dealkylation sites (tertiary alicyclic amines) is 1. The number of hydrogen-bond acceptors (Lipinski definition) is 3. The minimum absolute atomic E-state index is 0.0653. The van der Waals surface area contributed by atoms with Gasteiger partial charge in [-0.2, -0.15) is 0 Å². The fourth-order valence-corrected chi connectivity index (χ4v) is 2.70. The molecule has 2 rings (SSSR count). The Labute approximate surface area is 124 Å². The summed E-state index contributed by atoms with van der Waals surface area (Å²) in [6, 6.07) is 3.42. The molecule has 3 atom stereocenters. The molecule has 0 saturated carbocycles. The van der Waals surface area contributed by atoms with Crippen LogP contribution in [0.25, 0.3) is 0 Å². The maximum absolute atomic E-state index is 12.3. The standard InChI is InChI=1S/C15H21N3O3/c1-10-9-13(14(19)20)5-8-18(10)15(21)17-11(2)12-3-6-16-7-4-12/h3-4,6-7,10-11,13H,5,8-9H2,1-2H3,(H,17,21)(H,19,20). The summed E-state index contributed by atoms with van der Waals surface area (Å²) >= 11 is 0. The number of piperidine rings is 1. The van der Waals surface area contributed by atoms with Gasteiger partial charge in [-0.05, 0) is 44.4 Å². The lowest BCUT2D eigenvalue weighted by molar-refractivity contribution is -0.143. The molecule has 2 heterocycles. The molecule has 2 amide bonds. The van der Waals surface area contributed by atoms with Gasteiger partial charge in [0.1, 0.15) is 0 Å². The van der Waals surface area contributed by atoms with E-state index in [9.17, 15) is 9.59 Å². The number of aliphatic carboxylic acids is 1. The molecule has 0 aliphatic carbocycles. The van der Waals surface area contributed by atoms with Crippen LogP contribution >= 0.6 is 0 Å². The third-order valence-corrected chi connectivity index (χ3v) is 4.03. The highest BCUT2D eigenvalue weighted by Crippen LogP contribution is 2.23. The summed E-state index contributed by atoms with van der Waals surface area (Å²) in [7, 11) is 0. The number of pyridine rings is 1. The highest BCUT2D eigenvalue weighted by atomic mass is 16.4. The van der Waals surface area contributed by atoms with Crippen molar-refractivity contribution < 1.29 is 14.7 Å². The predicted octanol–water partition coefficient (Wildman–Crippen LogP) is 2.04. The molecule has 1 saturated heterocycles. The van der Waals surface area contributed by atoms with E-state index in [-0.39, 0.29) is 24.0 Å². The van der Waals surface area contributed by atoms with Crippen LogP contribution in [0.5, 0.6) is 0 Å². The van der Waals surface area contributed by atoms with Gasteiger partial charge in [-0.1, -0.05) is 0 Å². The highest BCUT2D eigenvalue weighted by molar-refractivity contribution is 5.76. The van der Waals surface area contributed by atoms with Crippen LogP contribution in [0.15, 0.2) is 24.5 Å². The largest absolute Gasteiger partial charge is 0.481 e. The monoisotopic (exact) mass is 291 g/mol. The van der Waals surface area contributed by atoms with E-state index in [0.717, 1.165) is 5.56 Å². The van der Waals surface area contributed by atoms with Gasteiger partial charge < -0.3 is 15.3 Å². The van der Waals surface area contributed by atoms with Gasteiger partial charge in [0.2, 0.25) is 0 Å². The van der Waals surface area contributed by atoms with Gasteiger partial charge in [0.15, 0.2) is 0 Å². The fourth-order valence-electron chi connectivity index (χ4n) is 2.70. The van der Waals surface area contributed by atoms with Gasteiger partial charge in [0.05, 0.1) is 12.0 Å². The van der Waals surface area contributed by atoms with Crippen molar-refractivity contribution in [1.29, 1.82) is 0 Å². The van der Waals surface area contributed by atoms with Gasteiger partial charge in [-0.3, -0.25) is 9.78 Å². The van der Waals surface area contributed by atoms with E-state index < -0.39 is 5.97 Å². The van der Waals surface area contributed by atoms with Crippen LogP contribution < -0.4 is 5.32 Å². The fraction of sp³-hybridized carbons (Fsp3) is 0.533. The van der Waals surface area contributed by atoms with Crippen LogP contribution in [0, 0.1) is 5.92 Å². The molecule has 1 aromatic rings. The van der Waals surface area contributed by atoms with E-state index in [4.69, 9.17) is 5.11 Å². The van der Waals surface area contributed by atoms with Crippen LogP contribution in [-0.4, -0.2) is 39.6 Å². The molecule has 1 aliphatic heterocycles. The van der Waals surface area contributed by atoms with Crippen molar-refractivity contribution >= 4 is 12.0 Å². The number of aromatic nitrogens is 1. The summed E-state index contributed by atoms with van der Waals surface area (Å²) in [6.07, 6.45) is 4.40. The topological polar surface area (TPSA) is 82.5 Å². The first-order valence-electron chi connectivity index (χ1n) is 7.19. The van der Waals surface area contributed by atoms with Crippen LogP contribution in [0.1, 0.15) is 38.3 Å². The minimum Gasteiger partial charge on any atom is -0.481 e. The first-order valence-corrected chi connectivity index (χ1v) is 7.19. The number of rotatable bonds is 3. The Hall–Kier alpha value is -2.11. The highest BCUT2D eigenvalue weighted by Gasteiger charge is 2.32. The van der Waals surface area contributed by atoms with E-state index >= 15 is 0 Å². The third kappa shape index (κ3) is 3.71. The summed E-state index contributed by atoms with van der Waals surface area (Å²) in [5.74, 6) is -1.12. The molecule has 0 bridgehead atoms. The maximum Gasteiger partial charge on any atom is 0.318 e. The average Bonchev–Trinajstić information content (AvgIpc) is 2.47. The summed E-state index contributed by atoms with van der Waals surface area (Å²) in [4.78, 5) is 29.0. The maximum atomic E-state index is 12.3. The molecule has 1 aliphatic rings. The number of carboxylic acid groups (broad SMARTS) is 1. The molecule has 2 N–H and O–H groups in total. The Morgan fingerprint density at radius 2 is 2.10 bits per heavy atom. The van der Waals surface area contributed by atoms with E-state index in [0.29, 0.717) is 19.4 Å². The van der Waals surface area contributed by atoms with Crippen molar-refractivity contribution in [3.63, 3.8) is 0 Å². The second kappa shape index (κ2) is 6.56. The SMILES string of the molecule is CC(NC(=O)N1CCC(C(=O)O)CC1C)c1ccncc1. The molecular weight excluding hydrogens is 270 g/mol. The third-order valence-electron chi connectivity index (χ3n) is 4.03. The van der Waals surface area contributed by atoms with E-state index in [1.54, 1.807) is 17.3 Å². The summed E-state index contributed by atoms with van der Waals surface area (Å²) in [5.41, 5.74) is 0.992. The number of carbonyl (C=O) groups is 2. The van der Waals surface area contributed by atoms with Crippen molar-refractivity contribution in [3.8, 4) is 0 Å². The first kappa shape index (κ1) is 15.3. The van der Waals surface area contributed by atoms with Crippen molar-refractivity contribution in [1.82, 2.24) is 15.2 Å². The van der Waals surface area contributed by atoms with Crippen molar-refractivity contribution in [2.24, 2.45) is 5.92 Å². The van der Waals surface area contributed by atoms with Crippen LogP contribution in [-0.2, 0) is 4.79 Å². The predicted molar refractivity (Wildman–Crippen MR) is 77.7 cm³/mol.